The molecule has 0 radical (unpaired) electrons. The van der Waals surface area contributed by atoms with E-state index < -0.39 is 6.09 Å². The number of amides is 1. The third-order valence-electron chi connectivity index (χ3n) is 3.74. The van der Waals surface area contributed by atoms with E-state index in [9.17, 15) is 4.79 Å². The summed E-state index contributed by atoms with van der Waals surface area (Å²) in [5.41, 5.74) is 0.479. The molecule has 1 aromatic carbocycles. The highest BCUT2D eigenvalue weighted by atomic mass is 16.6. The van der Waals surface area contributed by atoms with Crippen molar-refractivity contribution in [3.05, 3.63) is 29.8 Å². The van der Waals surface area contributed by atoms with Gasteiger partial charge >= 0.3 is 6.09 Å². The molecule has 7 heteroatoms. The number of nitrogens with zero attached hydrogens (tertiary/aromatic N) is 2. The molecule has 118 valence electrons. The lowest BCUT2D eigenvalue weighted by Crippen LogP contribution is -2.32. The van der Waals surface area contributed by atoms with Gasteiger partial charge in [0.1, 0.15) is 5.75 Å². The number of rotatable bonds is 4. The topological polar surface area (TPSA) is 113 Å². The number of nitrogens with one attached hydrogen (secondary N) is 2. The van der Waals surface area contributed by atoms with E-state index >= 15 is 0 Å². The maximum Gasteiger partial charge on any atom is 0.412 e. The zero-order valence-electron chi connectivity index (χ0n) is 12.4. The Kier molecular flexibility index (Phi) is 5.88. The molecule has 0 spiro atoms. The Hall–Kier alpha value is -2.44. The van der Waals surface area contributed by atoms with Crippen molar-refractivity contribution in [1.29, 1.82) is 5.41 Å². The number of nitrogens with two attached hydrogens (primary N) is 1. The molecule has 22 heavy (non-hydrogen) atoms. The molecule has 1 aliphatic carbocycles. The van der Waals surface area contributed by atoms with Crippen molar-refractivity contribution in [2.75, 3.05) is 6.54 Å². The number of hydrogen-bond acceptors (Lipinski definition) is 4. The highest BCUT2D eigenvalue weighted by Crippen LogP contribution is 2.22. The van der Waals surface area contributed by atoms with Crippen molar-refractivity contribution in [3.8, 4) is 5.75 Å². The summed E-state index contributed by atoms with van der Waals surface area (Å²) in [5, 5.41) is 16.9. The van der Waals surface area contributed by atoms with Crippen molar-refractivity contribution in [1.82, 2.24) is 5.32 Å². The minimum Gasteiger partial charge on any atom is -0.410 e. The van der Waals surface area contributed by atoms with Gasteiger partial charge in [-0.2, -0.15) is 0 Å². The van der Waals surface area contributed by atoms with Gasteiger partial charge in [0.25, 0.3) is 0 Å². The van der Waals surface area contributed by atoms with Crippen LogP contribution in [0.3, 0.4) is 0 Å². The Morgan fingerprint density at radius 3 is 2.86 bits per heavy atom. The Bertz CT molecular complexity index is 553. The van der Waals surface area contributed by atoms with E-state index in [1.165, 1.54) is 19.3 Å². The molecule has 1 aliphatic rings. The number of amidine groups is 1. The second-order valence-corrected chi connectivity index (χ2v) is 5.37. The van der Waals surface area contributed by atoms with Crippen LogP contribution in [0.25, 0.3) is 0 Å². The van der Waals surface area contributed by atoms with Crippen molar-refractivity contribution in [2.24, 2.45) is 22.1 Å². The van der Waals surface area contributed by atoms with Crippen LogP contribution in [0, 0.1) is 11.3 Å². The minimum atomic E-state index is -0.477. The molecule has 1 amide bonds. The second-order valence-electron chi connectivity index (χ2n) is 5.37. The second kappa shape index (κ2) is 8.11. The molecule has 0 aromatic heterocycles. The van der Waals surface area contributed by atoms with Crippen LogP contribution in [-0.2, 0) is 0 Å². The van der Waals surface area contributed by atoms with Crippen LogP contribution >= 0.6 is 0 Å². The molecule has 0 bridgehead atoms. The summed E-state index contributed by atoms with van der Waals surface area (Å²) in [6, 6.07) is 6.55. The van der Waals surface area contributed by atoms with Gasteiger partial charge < -0.3 is 15.9 Å². The van der Waals surface area contributed by atoms with Crippen LogP contribution in [0.1, 0.15) is 37.7 Å². The van der Waals surface area contributed by atoms with E-state index in [-0.39, 0.29) is 5.84 Å². The summed E-state index contributed by atoms with van der Waals surface area (Å²) in [5.74, 6) is 5.73. The Labute approximate surface area is 129 Å². The van der Waals surface area contributed by atoms with E-state index in [4.69, 9.17) is 16.0 Å². The van der Waals surface area contributed by atoms with Crippen LogP contribution in [0.4, 0.5) is 4.79 Å². The number of carbonyl (C=O) groups excluding carboxylic acids is 1. The van der Waals surface area contributed by atoms with Gasteiger partial charge in [0.05, 0.1) is 0 Å². The van der Waals surface area contributed by atoms with Crippen molar-refractivity contribution >= 4 is 11.9 Å². The van der Waals surface area contributed by atoms with Gasteiger partial charge in [0.15, 0.2) is 5.84 Å². The summed E-state index contributed by atoms with van der Waals surface area (Å²) in [7, 11) is 0. The highest BCUT2D eigenvalue weighted by Gasteiger charge is 2.15. The molecule has 0 saturated heterocycles. The number of carbonyl (C=O) groups is 1. The van der Waals surface area contributed by atoms with Gasteiger partial charge in [-0.3, -0.25) is 5.41 Å². The molecule has 0 atom stereocenters. The first-order valence-electron chi connectivity index (χ1n) is 7.44. The van der Waals surface area contributed by atoms with Gasteiger partial charge in [-0.1, -0.05) is 36.6 Å². The lowest BCUT2D eigenvalue weighted by Gasteiger charge is -2.21. The number of benzene rings is 1. The third-order valence-corrected chi connectivity index (χ3v) is 3.74. The average molecular weight is 303 g/mol. The minimum absolute atomic E-state index is 0.0874. The first-order valence-corrected chi connectivity index (χ1v) is 7.44. The van der Waals surface area contributed by atoms with Crippen LogP contribution in [0.5, 0.6) is 5.75 Å². The Balaban J connectivity index is 1.85. The fourth-order valence-electron chi connectivity index (χ4n) is 2.58. The normalized spacial score (nSPS) is 15.6. The number of hydrogen-bond donors (Lipinski definition) is 3. The maximum absolute atomic E-state index is 11.8. The summed E-state index contributed by atoms with van der Waals surface area (Å²) >= 11 is 0. The molecular weight excluding hydrogens is 282 g/mol. The van der Waals surface area contributed by atoms with Crippen molar-refractivity contribution < 1.29 is 9.53 Å². The summed E-state index contributed by atoms with van der Waals surface area (Å²) < 4.78 is 5.22. The zero-order valence-corrected chi connectivity index (χ0v) is 12.4. The zero-order chi connectivity index (χ0) is 15.8. The monoisotopic (exact) mass is 303 g/mol. The molecule has 2 rings (SSSR count). The fourth-order valence-corrected chi connectivity index (χ4v) is 2.58. The third kappa shape index (κ3) is 4.83. The average Bonchev–Trinajstić information content (AvgIpc) is 2.54. The smallest absolute Gasteiger partial charge is 0.410 e. The van der Waals surface area contributed by atoms with Crippen LogP contribution in [0.15, 0.2) is 34.6 Å². The molecule has 0 unspecified atom stereocenters. The first-order chi connectivity index (χ1) is 10.7. The Morgan fingerprint density at radius 2 is 2.14 bits per heavy atom. The first kappa shape index (κ1) is 15.9. The molecular formula is C15H21N5O2. The molecule has 4 N–H and O–H groups in total. The largest absolute Gasteiger partial charge is 0.412 e. The van der Waals surface area contributed by atoms with E-state index in [0.29, 0.717) is 23.8 Å². The van der Waals surface area contributed by atoms with Gasteiger partial charge in [0, 0.05) is 12.1 Å². The maximum atomic E-state index is 11.8. The summed E-state index contributed by atoms with van der Waals surface area (Å²) in [4.78, 5) is 11.8. The molecule has 0 aliphatic heterocycles. The van der Waals surface area contributed by atoms with Crippen LogP contribution < -0.4 is 15.9 Å². The van der Waals surface area contributed by atoms with E-state index in [1.807, 2.05) is 0 Å². The number of ether oxygens (including phenoxy) is 1. The van der Waals surface area contributed by atoms with E-state index in [1.54, 1.807) is 24.3 Å². The van der Waals surface area contributed by atoms with Crippen LogP contribution in [-0.4, -0.2) is 18.5 Å². The van der Waals surface area contributed by atoms with Gasteiger partial charge in [-0.25, -0.2) is 4.79 Å². The fraction of sp³-hybridized carbons (Fsp3) is 0.467. The summed E-state index contributed by atoms with van der Waals surface area (Å²) in [6.45, 7) is 0.649. The quantitative estimate of drug-likeness (QED) is 0.261. The standard InChI is InChI=1S/C15H21N5O2/c16-14(19-20-17)12-7-4-8-13(9-12)22-15(21)18-10-11-5-2-1-3-6-11/h4,7-9,11H,1-3,5-6,10H2,(H,18,21)(H3,16,17,19). The SMILES string of the molecule is N=C(N=NN)c1cccc(OC(=O)NCC2CCCCC2)c1. The Morgan fingerprint density at radius 1 is 1.36 bits per heavy atom. The summed E-state index contributed by atoms with van der Waals surface area (Å²) in [6.07, 6.45) is 5.62. The highest BCUT2D eigenvalue weighted by molar-refractivity contribution is 5.97. The van der Waals surface area contributed by atoms with Crippen LogP contribution in [0.2, 0.25) is 0 Å². The lowest BCUT2D eigenvalue weighted by atomic mass is 9.89. The molecule has 1 fully saturated rings. The predicted octanol–water partition coefficient (Wildman–Crippen LogP) is 3.01. The van der Waals surface area contributed by atoms with Gasteiger partial charge in [-0.05, 0) is 30.9 Å². The predicted molar refractivity (Wildman–Crippen MR) is 82.9 cm³/mol. The van der Waals surface area contributed by atoms with Crippen molar-refractivity contribution in [3.63, 3.8) is 0 Å². The molecule has 7 nitrogen and oxygen atoms in total. The van der Waals surface area contributed by atoms with E-state index in [0.717, 1.165) is 12.8 Å². The van der Waals surface area contributed by atoms with Gasteiger partial charge in [-0.15, -0.1) is 5.11 Å². The van der Waals surface area contributed by atoms with Gasteiger partial charge in [0.2, 0.25) is 0 Å². The van der Waals surface area contributed by atoms with E-state index in [2.05, 4.69) is 15.7 Å². The molecule has 1 aromatic rings. The molecule has 0 heterocycles. The molecule has 1 saturated carbocycles. The van der Waals surface area contributed by atoms with Crippen molar-refractivity contribution in [2.45, 2.75) is 32.1 Å². The lowest BCUT2D eigenvalue weighted by molar-refractivity contribution is 0.196.